The minimum Gasteiger partial charge on any atom is -0.496 e. The number of Topliss-reactive ketones (excluding diaryl/α,β-unsaturated/α-hetero) is 1. The second-order valence-corrected chi connectivity index (χ2v) is 6.86. The second kappa shape index (κ2) is 6.59. The van der Waals surface area contributed by atoms with E-state index in [9.17, 15) is 4.79 Å². The van der Waals surface area contributed by atoms with Gasteiger partial charge in [0.2, 0.25) is 0 Å². The molecule has 2 atom stereocenters. The van der Waals surface area contributed by atoms with Crippen molar-refractivity contribution < 1.29 is 9.53 Å². The summed E-state index contributed by atoms with van der Waals surface area (Å²) >= 11 is 6.33. The standard InChI is InChI=1S/C18H24ClNO2/c1-12(20-10-4-3-5-11-20)13-6-7-14-16(22-2)9-8-15(19)17(14)18(13)21/h8-9,12-13H,3-7,10-11H2,1-2H3. The van der Waals surface area contributed by atoms with E-state index in [0.717, 1.165) is 37.2 Å². The van der Waals surface area contributed by atoms with Crippen LogP contribution in [-0.2, 0) is 6.42 Å². The number of methoxy groups -OCH3 is 1. The first-order valence-electron chi connectivity index (χ1n) is 8.27. The number of likely N-dealkylation sites (tertiary alicyclic amines) is 1. The lowest BCUT2D eigenvalue weighted by Crippen LogP contribution is -2.45. The third kappa shape index (κ3) is 2.77. The molecule has 1 aliphatic carbocycles. The van der Waals surface area contributed by atoms with Crippen molar-refractivity contribution in [2.45, 2.75) is 45.1 Å². The van der Waals surface area contributed by atoms with Crippen LogP contribution < -0.4 is 4.74 Å². The zero-order valence-electron chi connectivity index (χ0n) is 13.4. The number of hydrogen-bond acceptors (Lipinski definition) is 3. The van der Waals surface area contributed by atoms with E-state index < -0.39 is 0 Å². The first-order chi connectivity index (χ1) is 10.6. The van der Waals surface area contributed by atoms with Crippen molar-refractivity contribution in [2.75, 3.05) is 20.2 Å². The minimum absolute atomic E-state index is 0.0511. The van der Waals surface area contributed by atoms with E-state index in [4.69, 9.17) is 16.3 Å². The fourth-order valence-corrected chi connectivity index (χ4v) is 4.23. The molecule has 2 unspecified atom stereocenters. The summed E-state index contributed by atoms with van der Waals surface area (Å²) < 4.78 is 5.41. The van der Waals surface area contributed by atoms with Gasteiger partial charge in [-0.2, -0.15) is 0 Å². The number of hydrogen-bond donors (Lipinski definition) is 0. The molecule has 2 aliphatic rings. The fourth-order valence-electron chi connectivity index (χ4n) is 3.96. The Morgan fingerprint density at radius 1 is 1.27 bits per heavy atom. The molecule has 0 spiro atoms. The van der Waals surface area contributed by atoms with E-state index in [0.29, 0.717) is 16.6 Å². The van der Waals surface area contributed by atoms with Crippen molar-refractivity contribution in [3.8, 4) is 5.75 Å². The number of carbonyl (C=O) groups is 1. The lowest BCUT2D eigenvalue weighted by molar-refractivity contribution is 0.0729. The average Bonchev–Trinajstić information content (AvgIpc) is 2.55. The molecule has 0 N–H and O–H groups in total. The summed E-state index contributed by atoms with van der Waals surface area (Å²) in [6.07, 6.45) is 5.56. The van der Waals surface area contributed by atoms with Gasteiger partial charge in [0.05, 0.1) is 12.1 Å². The number of carbonyl (C=O) groups excluding carboxylic acids is 1. The van der Waals surface area contributed by atoms with Crippen molar-refractivity contribution in [2.24, 2.45) is 5.92 Å². The zero-order valence-corrected chi connectivity index (χ0v) is 14.2. The molecule has 120 valence electrons. The summed E-state index contributed by atoms with van der Waals surface area (Å²) in [4.78, 5) is 15.5. The maximum atomic E-state index is 13.0. The highest BCUT2D eigenvalue weighted by molar-refractivity contribution is 6.34. The van der Waals surface area contributed by atoms with Gasteiger partial charge in [0.15, 0.2) is 5.78 Å². The van der Waals surface area contributed by atoms with Crippen LogP contribution in [0, 0.1) is 5.92 Å². The van der Waals surface area contributed by atoms with E-state index in [2.05, 4.69) is 11.8 Å². The van der Waals surface area contributed by atoms with Gasteiger partial charge in [0, 0.05) is 23.1 Å². The van der Waals surface area contributed by atoms with Gasteiger partial charge in [-0.25, -0.2) is 0 Å². The Bertz CT molecular complexity index is 566. The van der Waals surface area contributed by atoms with E-state index in [1.807, 2.05) is 6.07 Å². The van der Waals surface area contributed by atoms with Gasteiger partial charge in [-0.15, -0.1) is 0 Å². The zero-order chi connectivity index (χ0) is 15.7. The van der Waals surface area contributed by atoms with Crippen LogP contribution in [0.3, 0.4) is 0 Å². The van der Waals surface area contributed by atoms with Crippen LogP contribution in [0.4, 0.5) is 0 Å². The van der Waals surface area contributed by atoms with Crippen LogP contribution in [0.5, 0.6) is 5.75 Å². The summed E-state index contributed by atoms with van der Waals surface area (Å²) in [7, 11) is 1.65. The number of rotatable bonds is 3. The fraction of sp³-hybridized carbons (Fsp3) is 0.611. The Morgan fingerprint density at radius 3 is 2.68 bits per heavy atom. The quantitative estimate of drug-likeness (QED) is 0.843. The summed E-state index contributed by atoms with van der Waals surface area (Å²) in [5.74, 6) is 1.04. The Labute approximate surface area is 137 Å². The van der Waals surface area contributed by atoms with E-state index in [1.54, 1.807) is 13.2 Å². The number of nitrogens with zero attached hydrogens (tertiary/aromatic N) is 1. The topological polar surface area (TPSA) is 29.5 Å². The maximum Gasteiger partial charge on any atom is 0.169 e. The van der Waals surface area contributed by atoms with Gasteiger partial charge in [0.1, 0.15) is 5.75 Å². The number of ether oxygens (including phenoxy) is 1. The molecule has 1 heterocycles. The lowest BCUT2D eigenvalue weighted by Gasteiger charge is -2.38. The number of halogens is 1. The lowest BCUT2D eigenvalue weighted by atomic mass is 9.78. The number of fused-ring (bicyclic) bond motifs is 1. The normalized spacial score (nSPS) is 24.0. The van der Waals surface area contributed by atoms with Crippen LogP contribution in [0.2, 0.25) is 5.02 Å². The smallest absolute Gasteiger partial charge is 0.169 e. The van der Waals surface area contributed by atoms with Crippen molar-refractivity contribution in [3.05, 3.63) is 28.3 Å². The largest absolute Gasteiger partial charge is 0.496 e. The van der Waals surface area contributed by atoms with Crippen LogP contribution in [-0.4, -0.2) is 36.9 Å². The van der Waals surface area contributed by atoms with Gasteiger partial charge >= 0.3 is 0 Å². The molecule has 0 radical (unpaired) electrons. The van der Waals surface area contributed by atoms with Crippen LogP contribution >= 0.6 is 11.6 Å². The number of ketones is 1. The molecule has 0 aromatic heterocycles. The van der Waals surface area contributed by atoms with Crippen LogP contribution in [0.15, 0.2) is 12.1 Å². The van der Waals surface area contributed by atoms with E-state index in [-0.39, 0.29) is 11.7 Å². The summed E-state index contributed by atoms with van der Waals surface area (Å²) in [5.41, 5.74) is 1.68. The monoisotopic (exact) mass is 321 g/mol. The molecule has 0 bridgehead atoms. The van der Waals surface area contributed by atoms with Crippen molar-refractivity contribution in [1.29, 1.82) is 0 Å². The first-order valence-corrected chi connectivity index (χ1v) is 8.65. The molecule has 1 aromatic rings. The minimum atomic E-state index is 0.0511. The van der Waals surface area contributed by atoms with E-state index >= 15 is 0 Å². The summed E-state index contributed by atoms with van der Waals surface area (Å²) in [5, 5.41) is 0.566. The SMILES string of the molecule is COc1ccc(Cl)c2c1CCC(C(C)N1CCCCC1)C2=O. The first kappa shape index (κ1) is 15.8. The predicted molar refractivity (Wildman–Crippen MR) is 89.0 cm³/mol. The molecule has 22 heavy (non-hydrogen) atoms. The molecule has 1 aromatic carbocycles. The third-order valence-electron chi connectivity index (χ3n) is 5.28. The van der Waals surface area contributed by atoms with Gasteiger partial charge in [-0.1, -0.05) is 18.0 Å². The molecule has 3 nitrogen and oxygen atoms in total. The average molecular weight is 322 g/mol. The maximum absolute atomic E-state index is 13.0. The highest BCUT2D eigenvalue weighted by atomic mass is 35.5. The molecular weight excluding hydrogens is 298 g/mol. The molecular formula is C18H24ClNO2. The number of piperidine rings is 1. The van der Waals surface area contributed by atoms with Crippen molar-refractivity contribution >= 4 is 17.4 Å². The van der Waals surface area contributed by atoms with Crippen LogP contribution in [0.1, 0.15) is 48.5 Å². The Kier molecular flexibility index (Phi) is 4.74. The third-order valence-corrected chi connectivity index (χ3v) is 5.59. The van der Waals surface area contributed by atoms with Gasteiger partial charge in [-0.05, 0) is 57.8 Å². The van der Waals surface area contributed by atoms with Crippen LogP contribution in [0.25, 0.3) is 0 Å². The van der Waals surface area contributed by atoms with Gasteiger partial charge in [-0.3, -0.25) is 9.69 Å². The van der Waals surface area contributed by atoms with Gasteiger partial charge < -0.3 is 4.74 Å². The molecule has 0 saturated carbocycles. The predicted octanol–water partition coefficient (Wildman–Crippen LogP) is 3.97. The molecule has 3 rings (SSSR count). The second-order valence-electron chi connectivity index (χ2n) is 6.45. The Balaban J connectivity index is 1.87. The Morgan fingerprint density at radius 2 is 2.00 bits per heavy atom. The Hall–Kier alpha value is -1.06. The summed E-state index contributed by atoms with van der Waals surface area (Å²) in [6, 6.07) is 3.94. The molecule has 1 aliphatic heterocycles. The van der Waals surface area contributed by atoms with E-state index in [1.165, 1.54) is 19.3 Å². The summed E-state index contributed by atoms with van der Waals surface area (Å²) in [6.45, 7) is 4.43. The van der Waals surface area contributed by atoms with Crippen molar-refractivity contribution in [3.63, 3.8) is 0 Å². The highest BCUT2D eigenvalue weighted by Gasteiger charge is 2.36. The number of benzene rings is 1. The molecule has 1 saturated heterocycles. The molecule has 0 amide bonds. The van der Waals surface area contributed by atoms with Crippen molar-refractivity contribution in [1.82, 2.24) is 4.90 Å². The van der Waals surface area contributed by atoms with Gasteiger partial charge in [0.25, 0.3) is 0 Å². The molecule has 4 heteroatoms. The molecule has 1 fully saturated rings. The highest BCUT2D eigenvalue weighted by Crippen LogP contribution is 2.38.